The van der Waals surface area contributed by atoms with Crippen LogP contribution in [-0.2, 0) is 4.79 Å². The number of hydrogen-bond donors (Lipinski definition) is 1. The Hall–Kier alpha value is -3.32. The Morgan fingerprint density at radius 1 is 1.09 bits per heavy atom. The zero-order chi connectivity index (χ0) is 24.0. The largest absolute Gasteiger partial charge is 0.495 e. The van der Waals surface area contributed by atoms with Gasteiger partial charge in [-0.25, -0.2) is 4.79 Å². The summed E-state index contributed by atoms with van der Waals surface area (Å²) in [6, 6.07) is 14.2. The van der Waals surface area contributed by atoms with E-state index in [1.54, 1.807) is 13.2 Å². The van der Waals surface area contributed by atoms with E-state index in [0.29, 0.717) is 17.0 Å². The molecule has 3 aromatic rings. The molecule has 33 heavy (non-hydrogen) atoms. The number of rotatable bonds is 10. The molecule has 0 saturated carbocycles. The third kappa shape index (κ3) is 5.54. The van der Waals surface area contributed by atoms with Gasteiger partial charge in [-0.1, -0.05) is 26.0 Å². The fraction of sp³-hybridized carbons (Fsp3) is 0.385. The number of carbonyl (C=O) groups is 1. The number of ether oxygens (including phenoxy) is 1. The molecule has 0 bridgehead atoms. The van der Waals surface area contributed by atoms with Gasteiger partial charge in [0, 0.05) is 24.2 Å². The van der Waals surface area contributed by atoms with E-state index in [0.717, 1.165) is 42.7 Å². The van der Waals surface area contributed by atoms with E-state index in [9.17, 15) is 9.59 Å². The monoisotopic (exact) mass is 451 g/mol. The molecule has 0 aliphatic heterocycles. The van der Waals surface area contributed by atoms with Gasteiger partial charge >= 0.3 is 5.63 Å². The average molecular weight is 452 g/mol. The third-order valence-electron chi connectivity index (χ3n) is 5.77. The summed E-state index contributed by atoms with van der Waals surface area (Å²) in [6.45, 7) is 7.89. The molecular formula is C26H33N3O4. The van der Waals surface area contributed by atoms with Gasteiger partial charge in [-0.15, -0.1) is 0 Å². The first-order valence-corrected chi connectivity index (χ1v) is 11.4. The van der Waals surface area contributed by atoms with Gasteiger partial charge in [-0.05, 0) is 63.2 Å². The van der Waals surface area contributed by atoms with Crippen molar-refractivity contribution in [3.8, 4) is 5.75 Å². The summed E-state index contributed by atoms with van der Waals surface area (Å²) in [6.07, 6.45) is 1.97. The first-order chi connectivity index (χ1) is 15.9. The van der Waals surface area contributed by atoms with Gasteiger partial charge in [0.2, 0.25) is 5.91 Å². The van der Waals surface area contributed by atoms with Crippen molar-refractivity contribution in [2.75, 3.05) is 37.5 Å². The van der Waals surface area contributed by atoms with Crippen LogP contribution in [-0.4, -0.2) is 44.1 Å². The highest BCUT2D eigenvalue weighted by Gasteiger charge is 2.22. The standard InChI is InChI=1S/C26H33N3O4/c1-6-14-29(15-7-2)18(3)26(31)27-21-16-19(12-13-24(21)32-5)28(4)22-17-25(30)33-23-11-9-8-10-20(22)23/h8-13,16-18H,6-7,14-15H2,1-5H3,(H,27,31)/t18-/m0/s1. The van der Waals surface area contributed by atoms with Gasteiger partial charge in [-0.3, -0.25) is 9.69 Å². The molecule has 0 fully saturated rings. The molecule has 0 unspecified atom stereocenters. The van der Waals surface area contributed by atoms with Crippen LogP contribution in [0.15, 0.2) is 57.7 Å². The van der Waals surface area contributed by atoms with Crippen LogP contribution in [0.1, 0.15) is 33.6 Å². The van der Waals surface area contributed by atoms with Crippen molar-refractivity contribution in [3.63, 3.8) is 0 Å². The van der Waals surface area contributed by atoms with E-state index in [1.165, 1.54) is 6.07 Å². The molecular weight excluding hydrogens is 418 g/mol. The van der Waals surface area contributed by atoms with Crippen molar-refractivity contribution in [1.82, 2.24) is 4.90 Å². The number of carbonyl (C=O) groups excluding carboxylic acids is 1. The fourth-order valence-corrected chi connectivity index (χ4v) is 3.99. The lowest BCUT2D eigenvalue weighted by Gasteiger charge is -2.28. The van der Waals surface area contributed by atoms with Gasteiger partial charge in [-0.2, -0.15) is 0 Å². The smallest absolute Gasteiger partial charge is 0.338 e. The van der Waals surface area contributed by atoms with Crippen LogP contribution < -0.4 is 20.6 Å². The summed E-state index contributed by atoms with van der Waals surface area (Å²) in [4.78, 5) is 29.3. The van der Waals surface area contributed by atoms with Crippen molar-refractivity contribution in [2.24, 2.45) is 0 Å². The molecule has 1 amide bonds. The SMILES string of the molecule is CCCN(CCC)[C@@H](C)C(=O)Nc1cc(N(C)c2cc(=O)oc3ccccc23)ccc1OC. The number of anilines is 3. The second kappa shape index (κ2) is 11.0. The molecule has 0 saturated heterocycles. The van der Waals surface area contributed by atoms with Gasteiger partial charge in [0.15, 0.2) is 0 Å². The average Bonchev–Trinajstić information content (AvgIpc) is 2.82. The summed E-state index contributed by atoms with van der Waals surface area (Å²) < 4.78 is 10.8. The quantitative estimate of drug-likeness (QED) is 0.436. The number of nitrogens with one attached hydrogen (secondary N) is 1. The molecule has 1 aromatic heterocycles. The molecule has 176 valence electrons. The predicted molar refractivity (Wildman–Crippen MR) is 134 cm³/mol. The topological polar surface area (TPSA) is 75.0 Å². The second-order valence-corrected chi connectivity index (χ2v) is 8.09. The second-order valence-electron chi connectivity index (χ2n) is 8.09. The molecule has 1 heterocycles. The van der Waals surface area contributed by atoms with Gasteiger partial charge in [0.05, 0.1) is 24.5 Å². The van der Waals surface area contributed by atoms with E-state index in [1.807, 2.05) is 55.3 Å². The molecule has 1 atom stereocenters. The van der Waals surface area contributed by atoms with Crippen LogP contribution >= 0.6 is 0 Å². The molecule has 7 heteroatoms. The Bertz CT molecular complexity index is 1150. The minimum atomic E-state index is -0.418. The Morgan fingerprint density at radius 2 is 1.79 bits per heavy atom. The van der Waals surface area contributed by atoms with E-state index >= 15 is 0 Å². The highest BCUT2D eigenvalue weighted by Crippen LogP contribution is 2.34. The zero-order valence-corrected chi connectivity index (χ0v) is 20.1. The van der Waals surface area contributed by atoms with Crippen molar-refractivity contribution in [2.45, 2.75) is 39.7 Å². The molecule has 3 rings (SSSR count). The van der Waals surface area contributed by atoms with Crippen LogP contribution in [0.3, 0.4) is 0 Å². The number of nitrogens with zero attached hydrogens (tertiary/aromatic N) is 2. The summed E-state index contributed by atoms with van der Waals surface area (Å²) in [5.41, 5.74) is 2.20. The molecule has 0 spiro atoms. The fourth-order valence-electron chi connectivity index (χ4n) is 3.99. The number of amides is 1. The van der Waals surface area contributed by atoms with E-state index in [2.05, 4.69) is 24.1 Å². The zero-order valence-electron chi connectivity index (χ0n) is 20.1. The normalized spacial score (nSPS) is 12.1. The van der Waals surface area contributed by atoms with Gasteiger partial charge in [0.25, 0.3) is 0 Å². The Balaban J connectivity index is 1.93. The molecule has 0 radical (unpaired) electrons. The van der Waals surface area contributed by atoms with E-state index in [-0.39, 0.29) is 11.9 Å². The van der Waals surface area contributed by atoms with Gasteiger partial charge < -0.3 is 19.4 Å². The first kappa shape index (κ1) is 24.3. The molecule has 0 aliphatic rings. The van der Waals surface area contributed by atoms with Crippen LogP contribution in [0, 0.1) is 0 Å². The number of hydrogen-bond acceptors (Lipinski definition) is 6. The van der Waals surface area contributed by atoms with Gasteiger partial charge in [0.1, 0.15) is 11.3 Å². The molecule has 2 aromatic carbocycles. The van der Waals surface area contributed by atoms with Crippen molar-refractivity contribution < 1.29 is 13.9 Å². The lowest BCUT2D eigenvalue weighted by molar-refractivity contribution is -0.120. The number of para-hydroxylation sites is 1. The Kier molecular flexibility index (Phi) is 8.11. The minimum absolute atomic E-state index is 0.0826. The van der Waals surface area contributed by atoms with Crippen LogP contribution in [0.4, 0.5) is 17.1 Å². The third-order valence-corrected chi connectivity index (χ3v) is 5.77. The minimum Gasteiger partial charge on any atom is -0.495 e. The number of fused-ring (bicyclic) bond motifs is 1. The highest BCUT2D eigenvalue weighted by atomic mass is 16.5. The van der Waals surface area contributed by atoms with Crippen LogP contribution in [0.2, 0.25) is 0 Å². The van der Waals surface area contributed by atoms with E-state index in [4.69, 9.17) is 9.15 Å². The van der Waals surface area contributed by atoms with Crippen molar-refractivity contribution in [1.29, 1.82) is 0 Å². The Labute approximate surface area is 194 Å². The highest BCUT2D eigenvalue weighted by molar-refractivity contribution is 5.97. The first-order valence-electron chi connectivity index (χ1n) is 11.4. The predicted octanol–water partition coefficient (Wildman–Crippen LogP) is 5.02. The lowest BCUT2D eigenvalue weighted by atomic mass is 10.1. The van der Waals surface area contributed by atoms with Crippen LogP contribution in [0.25, 0.3) is 11.0 Å². The maximum absolute atomic E-state index is 13.1. The molecule has 7 nitrogen and oxygen atoms in total. The summed E-state index contributed by atoms with van der Waals surface area (Å²) in [5, 5.41) is 3.86. The maximum Gasteiger partial charge on any atom is 0.338 e. The summed E-state index contributed by atoms with van der Waals surface area (Å²) in [5.74, 6) is 0.489. The van der Waals surface area contributed by atoms with E-state index < -0.39 is 5.63 Å². The number of benzene rings is 2. The number of methoxy groups -OCH3 is 1. The van der Waals surface area contributed by atoms with Crippen molar-refractivity contribution in [3.05, 3.63) is 59.0 Å². The lowest BCUT2D eigenvalue weighted by Crippen LogP contribution is -2.42. The summed E-state index contributed by atoms with van der Waals surface area (Å²) in [7, 11) is 3.45. The van der Waals surface area contributed by atoms with Crippen LogP contribution in [0.5, 0.6) is 5.75 Å². The maximum atomic E-state index is 13.1. The molecule has 0 aliphatic carbocycles. The Morgan fingerprint density at radius 3 is 2.45 bits per heavy atom. The summed E-state index contributed by atoms with van der Waals surface area (Å²) >= 11 is 0. The van der Waals surface area contributed by atoms with Crippen molar-refractivity contribution >= 4 is 33.9 Å². The molecule has 1 N–H and O–H groups in total.